The highest BCUT2D eigenvalue weighted by atomic mass is 15.2. The van der Waals surface area contributed by atoms with Gasteiger partial charge in [-0.2, -0.15) is 0 Å². The molecule has 1 saturated heterocycles. The Balaban J connectivity index is 1.65. The highest BCUT2D eigenvalue weighted by Gasteiger charge is 2.24. The topological polar surface area (TPSA) is 32.3 Å². The summed E-state index contributed by atoms with van der Waals surface area (Å²) >= 11 is 0. The molecule has 0 saturated carbocycles. The quantitative estimate of drug-likeness (QED) is 0.868. The number of rotatable bonds is 4. The van der Waals surface area contributed by atoms with Crippen molar-refractivity contribution in [3.63, 3.8) is 0 Å². The van der Waals surface area contributed by atoms with Crippen LogP contribution in [0.1, 0.15) is 24.1 Å². The summed E-state index contributed by atoms with van der Waals surface area (Å²) < 4.78 is 0. The van der Waals surface area contributed by atoms with Crippen molar-refractivity contribution in [2.75, 3.05) is 25.0 Å². The molecule has 0 spiro atoms. The van der Waals surface area contributed by atoms with Crippen LogP contribution in [0, 0.1) is 6.92 Å². The molecule has 0 aromatic carbocycles. The van der Waals surface area contributed by atoms with Crippen LogP contribution in [0.2, 0.25) is 0 Å². The van der Waals surface area contributed by atoms with Crippen LogP contribution in [0.4, 0.5) is 5.82 Å². The Morgan fingerprint density at radius 3 is 2.95 bits per heavy atom. The molecule has 4 heteroatoms. The molecule has 1 aliphatic rings. The summed E-state index contributed by atoms with van der Waals surface area (Å²) in [7, 11) is 2.21. The van der Waals surface area contributed by atoms with Gasteiger partial charge < -0.3 is 4.90 Å². The SMILES string of the molecule is Cc1cccc(N2CCCC(N(C)Cc3cccnc3)C2)n1. The first-order valence-electron chi connectivity index (χ1n) is 8.00. The zero-order valence-electron chi connectivity index (χ0n) is 13.4. The van der Waals surface area contributed by atoms with Gasteiger partial charge in [-0.1, -0.05) is 12.1 Å². The monoisotopic (exact) mass is 296 g/mol. The number of pyridine rings is 2. The van der Waals surface area contributed by atoms with E-state index in [1.807, 2.05) is 18.5 Å². The molecule has 1 unspecified atom stereocenters. The summed E-state index contributed by atoms with van der Waals surface area (Å²) in [5.74, 6) is 1.11. The third-order valence-corrected chi connectivity index (χ3v) is 4.37. The van der Waals surface area contributed by atoms with Gasteiger partial charge >= 0.3 is 0 Å². The Morgan fingerprint density at radius 1 is 1.27 bits per heavy atom. The predicted octanol–water partition coefficient (Wildman–Crippen LogP) is 2.89. The van der Waals surface area contributed by atoms with Crippen molar-refractivity contribution in [1.82, 2.24) is 14.9 Å². The minimum absolute atomic E-state index is 0.566. The van der Waals surface area contributed by atoms with E-state index in [1.165, 1.54) is 18.4 Å². The van der Waals surface area contributed by atoms with Crippen molar-refractivity contribution in [1.29, 1.82) is 0 Å². The fourth-order valence-electron chi connectivity index (χ4n) is 3.14. The molecule has 22 heavy (non-hydrogen) atoms. The van der Waals surface area contributed by atoms with Gasteiger partial charge in [0.25, 0.3) is 0 Å². The van der Waals surface area contributed by atoms with E-state index in [-0.39, 0.29) is 0 Å². The number of likely N-dealkylation sites (N-methyl/N-ethyl adjacent to an activating group) is 1. The highest BCUT2D eigenvalue weighted by Crippen LogP contribution is 2.21. The largest absolute Gasteiger partial charge is 0.355 e. The molecule has 1 aliphatic heterocycles. The Hall–Kier alpha value is -1.94. The van der Waals surface area contributed by atoms with Crippen LogP contribution in [0.15, 0.2) is 42.7 Å². The van der Waals surface area contributed by atoms with Crippen molar-refractivity contribution < 1.29 is 0 Å². The standard InChI is InChI=1S/C18H24N4/c1-15-6-3-9-18(20-15)22-11-5-8-17(14-22)21(2)13-16-7-4-10-19-12-16/h3-4,6-7,9-10,12,17H,5,8,11,13-14H2,1-2H3. The molecule has 0 N–H and O–H groups in total. The number of hydrogen-bond donors (Lipinski definition) is 0. The van der Waals surface area contributed by atoms with E-state index < -0.39 is 0 Å². The van der Waals surface area contributed by atoms with Gasteiger partial charge in [-0.15, -0.1) is 0 Å². The van der Waals surface area contributed by atoms with Gasteiger partial charge in [0.2, 0.25) is 0 Å². The van der Waals surface area contributed by atoms with Crippen LogP contribution in [0.3, 0.4) is 0 Å². The second-order valence-electron chi connectivity index (χ2n) is 6.16. The lowest BCUT2D eigenvalue weighted by Crippen LogP contribution is -2.46. The van der Waals surface area contributed by atoms with Crippen LogP contribution >= 0.6 is 0 Å². The van der Waals surface area contributed by atoms with Crippen molar-refractivity contribution in [2.24, 2.45) is 0 Å². The molecule has 1 atom stereocenters. The summed E-state index contributed by atoms with van der Waals surface area (Å²) in [6.07, 6.45) is 6.26. The maximum absolute atomic E-state index is 4.67. The van der Waals surface area contributed by atoms with Crippen molar-refractivity contribution in [2.45, 2.75) is 32.4 Å². The first-order valence-corrected chi connectivity index (χ1v) is 8.00. The number of aromatic nitrogens is 2. The summed E-state index contributed by atoms with van der Waals surface area (Å²) in [6.45, 7) is 5.16. The Kier molecular flexibility index (Phi) is 4.68. The third kappa shape index (κ3) is 3.63. The van der Waals surface area contributed by atoms with Crippen LogP contribution in [0.5, 0.6) is 0 Å². The zero-order chi connectivity index (χ0) is 15.4. The smallest absolute Gasteiger partial charge is 0.128 e. The first kappa shape index (κ1) is 15.0. The maximum Gasteiger partial charge on any atom is 0.128 e. The average Bonchev–Trinajstić information content (AvgIpc) is 2.56. The normalized spacial score (nSPS) is 18.7. The minimum Gasteiger partial charge on any atom is -0.355 e. The van der Waals surface area contributed by atoms with Gasteiger partial charge in [-0.05, 0) is 50.6 Å². The lowest BCUT2D eigenvalue weighted by molar-refractivity contribution is 0.207. The lowest BCUT2D eigenvalue weighted by Gasteiger charge is -2.38. The summed E-state index contributed by atoms with van der Waals surface area (Å²) in [5.41, 5.74) is 2.36. The van der Waals surface area contributed by atoms with Crippen LogP contribution in [-0.4, -0.2) is 41.0 Å². The molecule has 0 bridgehead atoms. The maximum atomic E-state index is 4.67. The summed E-state index contributed by atoms with van der Waals surface area (Å²) in [5, 5.41) is 0. The second-order valence-corrected chi connectivity index (χ2v) is 6.16. The van der Waals surface area contributed by atoms with Gasteiger partial charge in [0.15, 0.2) is 0 Å². The van der Waals surface area contributed by atoms with Crippen LogP contribution < -0.4 is 4.90 Å². The Bertz CT molecular complexity index is 599. The van der Waals surface area contributed by atoms with E-state index in [0.717, 1.165) is 31.1 Å². The molecular formula is C18H24N4. The van der Waals surface area contributed by atoms with E-state index in [0.29, 0.717) is 6.04 Å². The highest BCUT2D eigenvalue weighted by molar-refractivity contribution is 5.40. The molecule has 0 aliphatic carbocycles. The van der Waals surface area contributed by atoms with Crippen molar-refractivity contribution in [3.05, 3.63) is 54.0 Å². The Morgan fingerprint density at radius 2 is 2.18 bits per heavy atom. The van der Waals surface area contributed by atoms with E-state index in [9.17, 15) is 0 Å². The zero-order valence-corrected chi connectivity index (χ0v) is 13.4. The molecule has 0 radical (unpaired) electrons. The molecule has 1 fully saturated rings. The molecule has 116 valence electrons. The van der Waals surface area contributed by atoms with Crippen molar-refractivity contribution in [3.8, 4) is 0 Å². The van der Waals surface area contributed by atoms with E-state index in [1.54, 1.807) is 0 Å². The lowest BCUT2D eigenvalue weighted by atomic mass is 10.0. The van der Waals surface area contributed by atoms with Crippen molar-refractivity contribution >= 4 is 5.82 Å². The Labute approximate surface area is 132 Å². The average molecular weight is 296 g/mol. The molecule has 4 nitrogen and oxygen atoms in total. The molecule has 2 aromatic heterocycles. The fraction of sp³-hybridized carbons (Fsp3) is 0.444. The molecule has 3 heterocycles. The minimum atomic E-state index is 0.566. The van der Waals surface area contributed by atoms with Gasteiger partial charge in [0, 0.05) is 43.8 Å². The van der Waals surface area contributed by atoms with E-state index >= 15 is 0 Å². The number of piperidine rings is 1. The molecule has 2 aromatic rings. The summed E-state index contributed by atoms with van der Waals surface area (Å²) in [6, 6.07) is 11.0. The second kappa shape index (κ2) is 6.88. The van der Waals surface area contributed by atoms with Gasteiger partial charge in [0.1, 0.15) is 5.82 Å². The molecule has 3 rings (SSSR count). The van der Waals surface area contributed by atoms with Crippen LogP contribution in [-0.2, 0) is 6.54 Å². The summed E-state index contributed by atoms with van der Waals surface area (Å²) in [4.78, 5) is 13.7. The predicted molar refractivity (Wildman–Crippen MR) is 89.9 cm³/mol. The fourth-order valence-corrected chi connectivity index (χ4v) is 3.14. The van der Waals surface area contributed by atoms with E-state index in [2.05, 4.69) is 58.0 Å². The number of anilines is 1. The number of nitrogens with zero attached hydrogens (tertiary/aromatic N) is 4. The van der Waals surface area contributed by atoms with Crippen LogP contribution in [0.25, 0.3) is 0 Å². The number of hydrogen-bond acceptors (Lipinski definition) is 4. The first-order chi connectivity index (χ1) is 10.7. The third-order valence-electron chi connectivity index (χ3n) is 4.37. The molecular weight excluding hydrogens is 272 g/mol. The van der Waals surface area contributed by atoms with Gasteiger partial charge in [0.05, 0.1) is 0 Å². The number of aryl methyl sites for hydroxylation is 1. The molecule has 0 amide bonds. The van der Waals surface area contributed by atoms with E-state index in [4.69, 9.17) is 0 Å². The van der Waals surface area contributed by atoms with Gasteiger partial charge in [-0.3, -0.25) is 9.88 Å². The van der Waals surface area contributed by atoms with Gasteiger partial charge in [-0.25, -0.2) is 4.98 Å².